The van der Waals surface area contributed by atoms with Gasteiger partial charge in [-0.15, -0.1) is 11.3 Å². The van der Waals surface area contributed by atoms with Crippen LogP contribution in [-0.2, 0) is 4.79 Å². The number of anilines is 2. The minimum Gasteiger partial charge on any atom is -0.495 e. The predicted molar refractivity (Wildman–Crippen MR) is 96.4 cm³/mol. The predicted octanol–water partition coefficient (Wildman–Crippen LogP) is 4.32. The molecule has 1 heterocycles. The molecule has 0 radical (unpaired) electrons. The lowest BCUT2D eigenvalue weighted by Gasteiger charge is -2.07. The van der Waals surface area contributed by atoms with Gasteiger partial charge in [0, 0.05) is 11.6 Å². The van der Waals surface area contributed by atoms with Crippen molar-refractivity contribution in [2.24, 2.45) is 5.92 Å². The molecule has 0 unspecified atom stereocenters. The molecule has 2 aromatic rings. The molecule has 0 saturated heterocycles. The van der Waals surface area contributed by atoms with Gasteiger partial charge < -0.3 is 15.4 Å². The minimum atomic E-state index is -0.231. The van der Waals surface area contributed by atoms with Crippen LogP contribution < -0.4 is 15.4 Å². The molecule has 126 valence electrons. The average Bonchev–Trinajstić information content (AvgIpc) is 3.32. The fraction of sp³-hybridized carbons (Fsp3) is 0.294. The van der Waals surface area contributed by atoms with Gasteiger partial charge in [-0.3, -0.25) is 9.59 Å². The second-order valence-electron chi connectivity index (χ2n) is 5.69. The average molecular weight is 365 g/mol. The lowest BCUT2D eigenvalue weighted by atomic mass is 10.2. The first-order chi connectivity index (χ1) is 11.5. The molecule has 2 N–H and O–H groups in total. The highest BCUT2D eigenvalue weighted by Crippen LogP contribution is 2.33. The van der Waals surface area contributed by atoms with E-state index in [4.69, 9.17) is 16.3 Å². The second kappa shape index (κ2) is 6.83. The van der Waals surface area contributed by atoms with E-state index in [1.165, 1.54) is 18.4 Å². The van der Waals surface area contributed by atoms with Crippen LogP contribution in [0.25, 0.3) is 0 Å². The number of benzene rings is 1. The zero-order valence-corrected chi connectivity index (χ0v) is 14.9. The SMILES string of the molecule is COc1ccc(NC(=O)c2sc(NC(=O)C3CC3)cc2C)cc1Cl. The molecule has 1 aliphatic carbocycles. The van der Waals surface area contributed by atoms with E-state index in [1.54, 1.807) is 18.2 Å². The third-order valence-electron chi connectivity index (χ3n) is 3.73. The van der Waals surface area contributed by atoms with E-state index in [1.807, 2.05) is 13.0 Å². The summed E-state index contributed by atoms with van der Waals surface area (Å²) in [5.41, 5.74) is 1.41. The molecule has 1 aromatic heterocycles. The summed E-state index contributed by atoms with van der Waals surface area (Å²) in [6.45, 7) is 1.85. The minimum absolute atomic E-state index is 0.0325. The Morgan fingerprint density at radius 2 is 2.00 bits per heavy atom. The number of carbonyl (C=O) groups excluding carboxylic acids is 2. The number of halogens is 1. The standard InChI is InChI=1S/C17H17ClN2O3S/c1-9-7-14(20-16(21)10-3-4-10)24-15(9)17(22)19-11-5-6-13(23-2)12(18)8-11/h5-8,10H,3-4H2,1-2H3,(H,19,22)(H,20,21). The maximum Gasteiger partial charge on any atom is 0.266 e. The van der Waals surface area contributed by atoms with E-state index in [0.29, 0.717) is 26.3 Å². The molecule has 24 heavy (non-hydrogen) atoms. The van der Waals surface area contributed by atoms with E-state index >= 15 is 0 Å². The van der Waals surface area contributed by atoms with Crippen LogP contribution in [0, 0.1) is 12.8 Å². The van der Waals surface area contributed by atoms with Gasteiger partial charge in [-0.05, 0) is 49.6 Å². The molecular weight excluding hydrogens is 348 g/mol. The fourth-order valence-electron chi connectivity index (χ4n) is 2.27. The van der Waals surface area contributed by atoms with Crippen molar-refractivity contribution in [2.75, 3.05) is 17.7 Å². The van der Waals surface area contributed by atoms with Gasteiger partial charge in [-0.1, -0.05) is 11.6 Å². The van der Waals surface area contributed by atoms with Crippen LogP contribution in [0.3, 0.4) is 0 Å². The van der Waals surface area contributed by atoms with Crippen molar-refractivity contribution in [3.05, 3.63) is 39.7 Å². The first kappa shape index (κ1) is 16.8. The molecule has 3 rings (SSSR count). The fourth-order valence-corrected chi connectivity index (χ4v) is 3.50. The molecule has 1 fully saturated rings. The number of hydrogen-bond donors (Lipinski definition) is 2. The summed E-state index contributed by atoms with van der Waals surface area (Å²) in [6, 6.07) is 6.87. The number of amides is 2. The van der Waals surface area contributed by atoms with Crippen LogP contribution in [0.1, 0.15) is 28.1 Å². The third kappa shape index (κ3) is 3.71. The van der Waals surface area contributed by atoms with E-state index in [2.05, 4.69) is 10.6 Å². The van der Waals surface area contributed by atoms with Gasteiger partial charge in [0.25, 0.3) is 5.91 Å². The Kier molecular flexibility index (Phi) is 4.78. The van der Waals surface area contributed by atoms with Gasteiger partial charge in [0.1, 0.15) is 5.75 Å². The largest absolute Gasteiger partial charge is 0.495 e. The first-order valence-electron chi connectivity index (χ1n) is 7.54. The van der Waals surface area contributed by atoms with Crippen molar-refractivity contribution in [1.82, 2.24) is 0 Å². The topological polar surface area (TPSA) is 67.4 Å². The third-order valence-corrected chi connectivity index (χ3v) is 5.17. The monoisotopic (exact) mass is 364 g/mol. The zero-order valence-electron chi connectivity index (χ0n) is 13.3. The summed E-state index contributed by atoms with van der Waals surface area (Å²) < 4.78 is 5.09. The molecular formula is C17H17ClN2O3S. The number of carbonyl (C=O) groups is 2. The Morgan fingerprint density at radius 3 is 2.62 bits per heavy atom. The molecule has 1 aliphatic rings. The summed E-state index contributed by atoms with van der Waals surface area (Å²) >= 11 is 7.34. The number of ether oxygens (including phenoxy) is 1. The van der Waals surface area contributed by atoms with Crippen LogP contribution in [0.2, 0.25) is 5.02 Å². The van der Waals surface area contributed by atoms with Gasteiger partial charge in [-0.25, -0.2) is 0 Å². The van der Waals surface area contributed by atoms with E-state index in [0.717, 1.165) is 18.4 Å². The number of thiophene rings is 1. The van der Waals surface area contributed by atoms with Crippen molar-refractivity contribution in [2.45, 2.75) is 19.8 Å². The first-order valence-corrected chi connectivity index (χ1v) is 8.73. The number of rotatable bonds is 5. The van der Waals surface area contributed by atoms with Crippen LogP contribution >= 0.6 is 22.9 Å². The van der Waals surface area contributed by atoms with Crippen LogP contribution in [0.15, 0.2) is 24.3 Å². The Hall–Kier alpha value is -2.05. The molecule has 0 atom stereocenters. The summed E-state index contributed by atoms with van der Waals surface area (Å²) in [5.74, 6) is 0.481. The number of hydrogen-bond acceptors (Lipinski definition) is 4. The van der Waals surface area contributed by atoms with Gasteiger partial charge >= 0.3 is 0 Å². The van der Waals surface area contributed by atoms with Gasteiger partial charge in [0.15, 0.2) is 0 Å². The van der Waals surface area contributed by atoms with Crippen molar-refractivity contribution in [3.63, 3.8) is 0 Å². The number of methoxy groups -OCH3 is 1. The summed E-state index contributed by atoms with van der Waals surface area (Å²) in [7, 11) is 1.53. The molecule has 1 aromatic carbocycles. The maximum atomic E-state index is 12.5. The molecule has 2 amide bonds. The molecule has 1 saturated carbocycles. The smallest absolute Gasteiger partial charge is 0.266 e. The Labute approximate surface area is 149 Å². The lowest BCUT2D eigenvalue weighted by Crippen LogP contribution is -2.12. The molecule has 7 heteroatoms. The highest BCUT2D eigenvalue weighted by Gasteiger charge is 2.30. The normalized spacial score (nSPS) is 13.5. The molecule has 0 bridgehead atoms. The van der Waals surface area contributed by atoms with Gasteiger partial charge in [-0.2, -0.15) is 0 Å². The van der Waals surface area contributed by atoms with Crippen molar-refractivity contribution >= 4 is 45.4 Å². The molecule has 0 aliphatic heterocycles. The highest BCUT2D eigenvalue weighted by atomic mass is 35.5. The van der Waals surface area contributed by atoms with E-state index < -0.39 is 0 Å². The Balaban J connectivity index is 1.71. The second-order valence-corrected chi connectivity index (χ2v) is 7.15. The molecule has 0 spiro atoms. The number of aryl methyl sites for hydroxylation is 1. The van der Waals surface area contributed by atoms with Gasteiger partial charge in [0.05, 0.1) is 22.0 Å². The van der Waals surface area contributed by atoms with Crippen molar-refractivity contribution in [3.8, 4) is 5.75 Å². The van der Waals surface area contributed by atoms with E-state index in [9.17, 15) is 9.59 Å². The lowest BCUT2D eigenvalue weighted by molar-refractivity contribution is -0.117. The van der Waals surface area contributed by atoms with Crippen LogP contribution in [0.5, 0.6) is 5.75 Å². The Morgan fingerprint density at radius 1 is 1.25 bits per heavy atom. The van der Waals surface area contributed by atoms with Crippen LogP contribution in [-0.4, -0.2) is 18.9 Å². The zero-order chi connectivity index (χ0) is 17.3. The number of nitrogens with one attached hydrogen (secondary N) is 2. The van der Waals surface area contributed by atoms with Gasteiger partial charge in [0.2, 0.25) is 5.91 Å². The summed E-state index contributed by atoms with van der Waals surface area (Å²) in [5, 5.41) is 6.80. The van der Waals surface area contributed by atoms with Crippen molar-refractivity contribution < 1.29 is 14.3 Å². The quantitative estimate of drug-likeness (QED) is 0.830. The maximum absolute atomic E-state index is 12.5. The summed E-state index contributed by atoms with van der Waals surface area (Å²) in [4.78, 5) is 24.8. The van der Waals surface area contributed by atoms with E-state index in [-0.39, 0.29) is 17.7 Å². The Bertz CT molecular complexity index is 799. The highest BCUT2D eigenvalue weighted by molar-refractivity contribution is 7.18. The molecule has 5 nitrogen and oxygen atoms in total. The summed E-state index contributed by atoms with van der Waals surface area (Å²) in [6.07, 6.45) is 1.89. The van der Waals surface area contributed by atoms with Crippen LogP contribution in [0.4, 0.5) is 10.7 Å². The van der Waals surface area contributed by atoms with Crippen molar-refractivity contribution in [1.29, 1.82) is 0 Å².